The highest BCUT2D eigenvalue weighted by molar-refractivity contribution is 6.41. The van der Waals surface area contributed by atoms with Crippen LogP contribution in [0.2, 0.25) is 5.02 Å². The summed E-state index contributed by atoms with van der Waals surface area (Å²) in [5.41, 5.74) is 0.357. The maximum atomic E-state index is 11.3. The van der Waals surface area contributed by atoms with Crippen molar-refractivity contribution in [2.24, 2.45) is 0 Å². The Bertz CT molecular complexity index is 425. The van der Waals surface area contributed by atoms with Crippen LogP contribution in [0.15, 0.2) is 18.2 Å². The van der Waals surface area contributed by atoms with Gasteiger partial charge in [0.25, 0.3) is 5.78 Å². The Kier molecular flexibility index (Phi) is 3.57. The number of halogens is 1. The fourth-order valence-corrected chi connectivity index (χ4v) is 1.20. The molecule has 0 aromatic heterocycles. The molecule has 15 heavy (non-hydrogen) atoms. The summed E-state index contributed by atoms with van der Waals surface area (Å²) in [4.78, 5) is 32.6. The lowest BCUT2D eigenvalue weighted by atomic mass is 10.1. The molecule has 0 amide bonds. The second-order valence-electron chi connectivity index (χ2n) is 2.67. The highest BCUT2D eigenvalue weighted by Crippen LogP contribution is 2.16. The Labute approximate surface area is 90.8 Å². The average molecular weight is 227 g/mol. The lowest BCUT2D eigenvalue weighted by Crippen LogP contribution is -2.15. The number of hydrogen-bond acceptors (Lipinski definition) is 4. The molecule has 0 spiro atoms. The molecule has 0 fully saturated rings. The van der Waals surface area contributed by atoms with Crippen molar-refractivity contribution in [1.29, 1.82) is 0 Å². The SMILES string of the molecule is COC(=O)C(=O)c1ccc(C=O)c(Cl)c1. The molecule has 5 heteroatoms. The minimum Gasteiger partial charge on any atom is -0.463 e. The Morgan fingerprint density at radius 2 is 2.07 bits per heavy atom. The fourth-order valence-electron chi connectivity index (χ4n) is 0.974. The molecule has 1 aromatic rings. The van der Waals surface area contributed by atoms with Gasteiger partial charge in [-0.25, -0.2) is 4.79 Å². The van der Waals surface area contributed by atoms with E-state index in [-0.39, 0.29) is 16.1 Å². The van der Waals surface area contributed by atoms with Gasteiger partial charge in [-0.2, -0.15) is 0 Å². The number of benzene rings is 1. The topological polar surface area (TPSA) is 60.4 Å². The van der Waals surface area contributed by atoms with Crippen LogP contribution < -0.4 is 0 Å². The second kappa shape index (κ2) is 4.70. The smallest absolute Gasteiger partial charge is 0.379 e. The molecule has 0 N–H and O–H groups in total. The van der Waals surface area contributed by atoms with Gasteiger partial charge in [0, 0.05) is 11.1 Å². The second-order valence-corrected chi connectivity index (χ2v) is 3.08. The first-order valence-electron chi connectivity index (χ1n) is 3.97. The summed E-state index contributed by atoms with van der Waals surface area (Å²) in [7, 11) is 1.11. The molecule has 0 atom stereocenters. The predicted molar refractivity (Wildman–Crippen MR) is 53.2 cm³/mol. The number of ketones is 1. The molecular formula is C10H7ClO4. The molecule has 0 radical (unpaired) electrons. The molecule has 0 aliphatic heterocycles. The minimum absolute atomic E-state index is 0.0949. The van der Waals surface area contributed by atoms with Gasteiger partial charge in [0.15, 0.2) is 6.29 Å². The van der Waals surface area contributed by atoms with Gasteiger partial charge < -0.3 is 4.74 Å². The van der Waals surface area contributed by atoms with E-state index in [1.807, 2.05) is 0 Å². The van der Waals surface area contributed by atoms with Gasteiger partial charge in [-0.3, -0.25) is 9.59 Å². The van der Waals surface area contributed by atoms with E-state index in [1.165, 1.54) is 18.2 Å². The van der Waals surface area contributed by atoms with Crippen molar-refractivity contribution in [2.75, 3.05) is 7.11 Å². The van der Waals surface area contributed by atoms with Gasteiger partial charge in [-0.05, 0) is 18.2 Å². The molecule has 1 aromatic carbocycles. The summed E-state index contributed by atoms with van der Waals surface area (Å²) in [6, 6.07) is 3.96. The number of hydrogen-bond donors (Lipinski definition) is 0. The number of rotatable bonds is 3. The van der Waals surface area contributed by atoms with Crippen LogP contribution >= 0.6 is 11.6 Å². The third kappa shape index (κ3) is 2.41. The molecule has 78 valence electrons. The first kappa shape index (κ1) is 11.4. The van der Waals surface area contributed by atoms with Gasteiger partial charge in [0.2, 0.25) is 0 Å². The minimum atomic E-state index is -0.968. The Hall–Kier alpha value is -1.68. The molecule has 0 aliphatic rings. The summed E-state index contributed by atoms with van der Waals surface area (Å²) >= 11 is 5.69. The van der Waals surface area contributed by atoms with Gasteiger partial charge in [0.05, 0.1) is 12.1 Å². The molecule has 0 aliphatic carbocycles. The maximum Gasteiger partial charge on any atom is 0.379 e. The highest BCUT2D eigenvalue weighted by atomic mass is 35.5. The van der Waals surface area contributed by atoms with Gasteiger partial charge in [0.1, 0.15) is 0 Å². The molecule has 0 bridgehead atoms. The molecule has 1 rings (SSSR count). The van der Waals surface area contributed by atoms with Crippen LogP contribution in [0, 0.1) is 0 Å². The van der Waals surface area contributed by atoms with Crippen molar-refractivity contribution >= 4 is 29.6 Å². The zero-order valence-electron chi connectivity index (χ0n) is 7.82. The van der Waals surface area contributed by atoms with Gasteiger partial charge in [-0.15, -0.1) is 0 Å². The van der Waals surface area contributed by atoms with E-state index in [0.29, 0.717) is 6.29 Å². The van der Waals surface area contributed by atoms with Crippen molar-refractivity contribution in [1.82, 2.24) is 0 Å². The number of aldehydes is 1. The number of Topliss-reactive ketones (excluding diaryl/α,β-unsaturated/α-hetero) is 1. The van der Waals surface area contributed by atoms with Crippen LogP contribution in [0.25, 0.3) is 0 Å². The molecule has 0 saturated heterocycles. The molecule has 0 heterocycles. The van der Waals surface area contributed by atoms with Gasteiger partial charge in [-0.1, -0.05) is 11.6 Å². The standard InChI is InChI=1S/C10H7ClO4/c1-15-10(14)9(13)6-2-3-7(5-12)8(11)4-6/h2-5H,1H3. The average Bonchev–Trinajstić information content (AvgIpc) is 2.26. The predicted octanol–water partition coefficient (Wildman–Crippen LogP) is 1.51. The number of esters is 1. The van der Waals surface area contributed by atoms with Crippen LogP contribution in [0.4, 0.5) is 0 Å². The molecular weight excluding hydrogens is 220 g/mol. The molecule has 4 nitrogen and oxygen atoms in total. The summed E-state index contributed by atoms with van der Waals surface area (Å²) in [5, 5.41) is 0.125. The Balaban J connectivity index is 3.07. The summed E-state index contributed by atoms with van der Waals surface area (Å²) in [6.45, 7) is 0. The van der Waals surface area contributed by atoms with Crippen molar-refractivity contribution < 1.29 is 19.1 Å². The fraction of sp³-hybridized carbons (Fsp3) is 0.100. The Morgan fingerprint density at radius 1 is 1.40 bits per heavy atom. The normalized spacial score (nSPS) is 9.47. The summed E-state index contributed by atoms with van der Waals surface area (Å²) < 4.78 is 4.26. The van der Waals surface area contributed by atoms with E-state index >= 15 is 0 Å². The number of ether oxygens (including phenoxy) is 1. The van der Waals surface area contributed by atoms with E-state index in [2.05, 4.69) is 4.74 Å². The van der Waals surface area contributed by atoms with E-state index < -0.39 is 11.8 Å². The van der Waals surface area contributed by atoms with E-state index in [0.717, 1.165) is 7.11 Å². The molecule has 0 unspecified atom stereocenters. The zero-order chi connectivity index (χ0) is 11.4. The summed E-state index contributed by atoms with van der Waals surface area (Å²) in [6.07, 6.45) is 0.564. The van der Waals surface area contributed by atoms with Crippen molar-refractivity contribution in [3.8, 4) is 0 Å². The zero-order valence-corrected chi connectivity index (χ0v) is 8.58. The first-order valence-corrected chi connectivity index (χ1v) is 4.35. The maximum absolute atomic E-state index is 11.3. The number of carbonyl (C=O) groups is 3. The van der Waals surface area contributed by atoms with E-state index in [4.69, 9.17) is 11.6 Å². The van der Waals surface area contributed by atoms with Crippen molar-refractivity contribution in [2.45, 2.75) is 0 Å². The number of methoxy groups -OCH3 is 1. The lowest BCUT2D eigenvalue weighted by molar-refractivity contribution is -0.135. The highest BCUT2D eigenvalue weighted by Gasteiger charge is 2.17. The Morgan fingerprint density at radius 3 is 2.53 bits per heavy atom. The third-order valence-electron chi connectivity index (χ3n) is 1.76. The van der Waals surface area contributed by atoms with Crippen LogP contribution in [-0.2, 0) is 9.53 Å². The van der Waals surface area contributed by atoms with Crippen LogP contribution in [0.3, 0.4) is 0 Å². The van der Waals surface area contributed by atoms with E-state index in [1.54, 1.807) is 0 Å². The van der Waals surface area contributed by atoms with Crippen LogP contribution in [0.5, 0.6) is 0 Å². The monoisotopic (exact) mass is 226 g/mol. The van der Waals surface area contributed by atoms with Crippen LogP contribution in [0.1, 0.15) is 20.7 Å². The van der Waals surface area contributed by atoms with Crippen molar-refractivity contribution in [3.63, 3.8) is 0 Å². The van der Waals surface area contributed by atoms with E-state index in [9.17, 15) is 14.4 Å². The lowest BCUT2D eigenvalue weighted by Gasteiger charge is -2.00. The van der Waals surface area contributed by atoms with Crippen LogP contribution in [-0.4, -0.2) is 25.1 Å². The first-order chi connectivity index (χ1) is 7.10. The molecule has 0 saturated carbocycles. The van der Waals surface area contributed by atoms with Gasteiger partial charge >= 0.3 is 5.97 Å². The number of carbonyl (C=O) groups excluding carboxylic acids is 3. The van der Waals surface area contributed by atoms with Crippen molar-refractivity contribution in [3.05, 3.63) is 34.3 Å². The quantitative estimate of drug-likeness (QED) is 0.339. The third-order valence-corrected chi connectivity index (χ3v) is 2.09. The summed E-state index contributed by atoms with van der Waals surface area (Å²) in [5.74, 6) is -1.76. The largest absolute Gasteiger partial charge is 0.463 e.